The standard InChI is InChI=1S/C18H20N2O3S/c1-11-16(17(21)20-14-9-5-8-13(14)18(22)23)24-15(19-11)10-12-6-3-2-4-7-12/h2-4,6-7,13-14H,5,8-10H2,1H3,(H,20,21)(H,22,23)/t13-,14+/m0/s1. The number of benzene rings is 1. The molecule has 0 unspecified atom stereocenters. The Balaban J connectivity index is 1.70. The van der Waals surface area contributed by atoms with Gasteiger partial charge in [0.05, 0.1) is 16.6 Å². The predicted molar refractivity (Wildman–Crippen MR) is 92.3 cm³/mol. The first-order valence-electron chi connectivity index (χ1n) is 8.08. The van der Waals surface area contributed by atoms with Crippen LogP contribution in [0.5, 0.6) is 0 Å². The van der Waals surface area contributed by atoms with E-state index in [2.05, 4.69) is 10.3 Å². The molecule has 0 bridgehead atoms. The monoisotopic (exact) mass is 344 g/mol. The Hall–Kier alpha value is -2.21. The quantitative estimate of drug-likeness (QED) is 0.874. The molecule has 24 heavy (non-hydrogen) atoms. The highest BCUT2D eigenvalue weighted by Crippen LogP contribution is 2.27. The Morgan fingerprint density at radius 1 is 1.29 bits per heavy atom. The highest BCUT2D eigenvalue weighted by Gasteiger charge is 2.34. The minimum absolute atomic E-state index is 0.206. The molecule has 1 amide bonds. The number of hydrogen-bond acceptors (Lipinski definition) is 4. The number of amides is 1. The van der Waals surface area contributed by atoms with E-state index < -0.39 is 11.9 Å². The molecule has 0 aliphatic heterocycles. The van der Waals surface area contributed by atoms with Gasteiger partial charge in [0, 0.05) is 12.5 Å². The van der Waals surface area contributed by atoms with Crippen LogP contribution in [0, 0.1) is 12.8 Å². The smallest absolute Gasteiger partial charge is 0.308 e. The van der Waals surface area contributed by atoms with E-state index in [1.807, 2.05) is 37.3 Å². The van der Waals surface area contributed by atoms with E-state index >= 15 is 0 Å². The first-order chi connectivity index (χ1) is 11.5. The van der Waals surface area contributed by atoms with Crippen molar-refractivity contribution in [3.05, 3.63) is 51.5 Å². The first-order valence-corrected chi connectivity index (χ1v) is 8.90. The molecule has 1 aromatic carbocycles. The molecule has 1 aliphatic rings. The van der Waals surface area contributed by atoms with E-state index in [-0.39, 0.29) is 11.9 Å². The van der Waals surface area contributed by atoms with Crippen LogP contribution in [0.3, 0.4) is 0 Å². The van der Waals surface area contributed by atoms with E-state index in [0.717, 1.165) is 23.4 Å². The van der Waals surface area contributed by atoms with Crippen molar-refractivity contribution < 1.29 is 14.7 Å². The summed E-state index contributed by atoms with van der Waals surface area (Å²) in [5.74, 6) is -1.52. The lowest BCUT2D eigenvalue weighted by Gasteiger charge is -2.17. The van der Waals surface area contributed by atoms with Crippen LogP contribution in [0.15, 0.2) is 30.3 Å². The lowest BCUT2D eigenvalue weighted by atomic mass is 10.0. The molecule has 0 saturated heterocycles. The van der Waals surface area contributed by atoms with Crippen LogP contribution >= 0.6 is 11.3 Å². The zero-order chi connectivity index (χ0) is 17.1. The van der Waals surface area contributed by atoms with Crippen molar-refractivity contribution in [2.75, 3.05) is 0 Å². The maximum atomic E-state index is 12.5. The van der Waals surface area contributed by atoms with Crippen molar-refractivity contribution in [2.45, 2.75) is 38.6 Å². The van der Waals surface area contributed by atoms with E-state index in [1.165, 1.54) is 11.3 Å². The third-order valence-electron chi connectivity index (χ3n) is 4.39. The summed E-state index contributed by atoms with van der Waals surface area (Å²) in [5.41, 5.74) is 1.85. The third kappa shape index (κ3) is 3.64. The van der Waals surface area contributed by atoms with Crippen molar-refractivity contribution in [1.29, 1.82) is 0 Å². The summed E-state index contributed by atoms with van der Waals surface area (Å²) >= 11 is 1.38. The number of thiazole rings is 1. The molecular formula is C18H20N2O3S. The van der Waals surface area contributed by atoms with Gasteiger partial charge >= 0.3 is 5.97 Å². The van der Waals surface area contributed by atoms with Crippen LogP contribution in [-0.2, 0) is 11.2 Å². The van der Waals surface area contributed by atoms with Gasteiger partial charge in [-0.15, -0.1) is 11.3 Å². The summed E-state index contributed by atoms with van der Waals surface area (Å²) in [5, 5.41) is 13.0. The molecule has 5 nitrogen and oxygen atoms in total. The number of carbonyl (C=O) groups excluding carboxylic acids is 1. The minimum Gasteiger partial charge on any atom is -0.481 e. The molecule has 1 saturated carbocycles. The van der Waals surface area contributed by atoms with Crippen molar-refractivity contribution in [3.8, 4) is 0 Å². The van der Waals surface area contributed by atoms with Gasteiger partial charge in [0.1, 0.15) is 4.88 Å². The molecule has 2 aromatic rings. The normalized spacial score (nSPS) is 20.0. The molecule has 0 spiro atoms. The van der Waals surface area contributed by atoms with Crippen molar-refractivity contribution in [3.63, 3.8) is 0 Å². The molecule has 1 heterocycles. The van der Waals surface area contributed by atoms with Gasteiger partial charge in [0.25, 0.3) is 5.91 Å². The lowest BCUT2D eigenvalue weighted by Crippen LogP contribution is -2.40. The van der Waals surface area contributed by atoms with Crippen LogP contribution in [0.25, 0.3) is 0 Å². The number of aliphatic carboxylic acids is 1. The van der Waals surface area contributed by atoms with Gasteiger partial charge in [0.15, 0.2) is 0 Å². The lowest BCUT2D eigenvalue weighted by molar-refractivity contribution is -0.142. The number of aryl methyl sites for hydroxylation is 1. The van der Waals surface area contributed by atoms with E-state index in [9.17, 15) is 14.7 Å². The number of carbonyl (C=O) groups is 2. The Bertz CT molecular complexity index is 742. The molecule has 2 atom stereocenters. The van der Waals surface area contributed by atoms with Gasteiger partial charge in [-0.3, -0.25) is 9.59 Å². The van der Waals surface area contributed by atoms with Crippen LogP contribution < -0.4 is 5.32 Å². The number of nitrogens with one attached hydrogen (secondary N) is 1. The van der Waals surface area contributed by atoms with Gasteiger partial charge in [-0.05, 0) is 25.3 Å². The second-order valence-corrected chi connectivity index (χ2v) is 7.22. The Morgan fingerprint density at radius 2 is 2.04 bits per heavy atom. The highest BCUT2D eigenvalue weighted by molar-refractivity contribution is 7.13. The molecule has 2 N–H and O–H groups in total. The SMILES string of the molecule is Cc1nc(Cc2ccccc2)sc1C(=O)N[C@@H]1CCC[C@@H]1C(=O)O. The maximum absolute atomic E-state index is 12.5. The van der Waals surface area contributed by atoms with Crippen molar-refractivity contribution >= 4 is 23.2 Å². The van der Waals surface area contributed by atoms with Crippen LogP contribution in [0.4, 0.5) is 0 Å². The number of carboxylic acids is 1. The van der Waals surface area contributed by atoms with E-state index in [1.54, 1.807) is 0 Å². The molecule has 3 rings (SSSR count). The summed E-state index contributed by atoms with van der Waals surface area (Å²) in [6, 6.07) is 9.72. The zero-order valence-electron chi connectivity index (χ0n) is 13.5. The minimum atomic E-state index is -0.830. The van der Waals surface area contributed by atoms with Gasteiger partial charge in [-0.2, -0.15) is 0 Å². The van der Waals surface area contributed by atoms with Crippen molar-refractivity contribution in [2.24, 2.45) is 5.92 Å². The van der Waals surface area contributed by atoms with Crippen LogP contribution in [0.2, 0.25) is 0 Å². The predicted octanol–water partition coefficient (Wildman–Crippen LogP) is 3.03. The van der Waals surface area contributed by atoms with Gasteiger partial charge in [-0.1, -0.05) is 36.8 Å². The fraction of sp³-hybridized carbons (Fsp3) is 0.389. The molecule has 1 aliphatic carbocycles. The summed E-state index contributed by atoms with van der Waals surface area (Å²) in [6.07, 6.45) is 2.88. The largest absolute Gasteiger partial charge is 0.481 e. The number of aromatic nitrogens is 1. The van der Waals surface area contributed by atoms with Gasteiger partial charge in [-0.25, -0.2) is 4.98 Å². The fourth-order valence-corrected chi connectivity index (χ4v) is 4.17. The summed E-state index contributed by atoms with van der Waals surface area (Å²) in [6.45, 7) is 1.82. The maximum Gasteiger partial charge on any atom is 0.308 e. The number of nitrogens with zero attached hydrogens (tertiary/aromatic N) is 1. The Kier molecular flexibility index (Phi) is 4.94. The molecule has 6 heteroatoms. The van der Waals surface area contributed by atoms with Crippen LogP contribution in [0.1, 0.15) is 45.2 Å². The summed E-state index contributed by atoms with van der Waals surface area (Å²) in [4.78, 5) is 28.8. The van der Waals surface area contributed by atoms with Crippen LogP contribution in [-0.4, -0.2) is 28.0 Å². The molecular weight excluding hydrogens is 324 g/mol. The van der Waals surface area contributed by atoms with E-state index in [4.69, 9.17) is 0 Å². The summed E-state index contributed by atoms with van der Waals surface area (Å²) < 4.78 is 0. The highest BCUT2D eigenvalue weighted by atomic mass is 32.1. The number of hydrogen-bond donors (Lipinski definition) is 2. The van der Waals surface area contributed by atoms with Crippen molar-refractivity contribution in [1.82, 2.24) is 10.3 Å². The number of carboxylic acid groups (broad SMARTS) is 1. The zero-order valence-corrected chi connectivity index (χ0v) is 14.3. The summed E-state index contributed by atoms with van der Waals surface area (Å²) in [7, 11) is 0. The average molecular weight is 344 g/mol. The fourth-order valence-electron chi connectivity index (χ4n) is 3.17. The average Bonchev–Trinajstić information content (AvgIpc) is 3.15. The second-order valence-electron chi connectivity index (χ2n) is 6.14. The topological polar surface area (TPSA) is 79.3 Å². The molecule has 1 aromatic heterocycles. The Labute approximate surface area is 144 Å². The Morgan fingerprint density at radius 3 is 2.75 bits per heavy atom. The second kappa shape index (κ2) is 7.13. The molecule has 126 valence electrons. The first kappa shape index (κ1) is 16.6. The molecule has 1 fully saturated rings. The van der Waals surface area contributed by atoms with E-state index in [0.29, 0.717) is 23.4 Å². The van der Waals surface area contributed by atoms with Gasteiger partial charge in [0.2, 0.25) is 0 Å². The number of rotatable bonds is 5. The van der Waals surface area contributed by atoms with Gasteiger partial charge < -0.3 is 10.4 Å². The third-order valence-corrected chi connectivity index (χ3v) is 5.55. The molecule has 0 radical (unpaired) electrons.